The Morgan fingerprint density at radius 3 is 2.09 bits per heavy atom. The van der Waals surface area contributed by atoms with E-state index < -0.39 is 30.4 Å². The Morgan fingerprint density at radius 2 is 1.47 bits per heavy atom. The van der Waals surface area contributed by atoms with Crippen LogP contribution >= 0.6 is 0 Å². The molecule has 0 aliphatic carbocycles. The standard InChI is InChI=1S/C27H25N3O4/c28-17-10-18-30(23-15-8-3-9-16-23)25(31)20-34-27(33)24(19-21-11-4-1-5-12-21)29-26(32)22-13-6-2-7-14-22/h1-9,11-16,24H,10,18-20H2,(H,29,32). The van der Waals surface area contributed by atoms with Crippen LogP contribution in [0.5, 0.6) is 0 Å². The molecule has 1 unspecified atom stereocenters. The Hall–Kier alpha value is -4.44. The van der Waals surface area contributed by atoms with Crippen LogP contribution in [0, 0.1) is 11.3 Å². The lowest BCUT2D eigenvalue weighted by Crippen LogP contribution is -2.45. The maximum atomic E-state index is 12.9. The maximum absolute atomic E-state index is 12.9. The van der Waals surface area contributed by atoms with Crippen molar-refractivity contribution in [3.8, 4) is 6.07 Å². The van der Waals surface area contributed by atoms with Crippen molar-refractivity contribution < 1.29 is 19.1 Å². The number of ether oxygens (including phenoxy) is 1. The third kappa shape index (κ3) is 7.04. The molecule has 0 bridgehead atoms. The van der Waals surface area contributed by atoms with Gasteiger partial charge in [-0.25, -0.2) is 4.79 Å². The van der Waals surface area contributed by atoms with Crippen LogP contribution in [-0.2, 0) is 20.7 Å². The van der Waals surface area contributed by atoms with Gasteiger partial charge in [-0.1, -0.05) is 66.7 Å². The molecule has 0 aliphatic heterocycles. The fourth-order valence-electron chi connectivity index (χ4n) is 3.35. The molecule has 0 aliphatic rings. The van der Waals surface area contributed by atoms with E-state index in [0.717, 1.165) is 5.56 Å². The monoisotopic (exact) mass is 455 g/mol. The fraction of sp³-hybridized carbons (Fsp3) is 0.185. The van der Waals surface area contributed by atoms with Crippen LogP contribution in [0.15, 0.2) is 91.0 Å². The summed E-state index contributed by atoms with van der Waals surface area (Å²) >= 11 is 0. The van der Waals surface area contributed by atoms with E-state index in [1.165, 1.54) is 4.90 Å². The van der Waals surface area contributed by atoms with E-state index in [1.807, 2.05) is 42.5 Å². The number of amides is 2. The second-order valence-electron chi connectivity index (χ2n) is 7.48. The van der Waals surface area contributed by atoms with Crippen molar-refractivity contribution in [2.45, 2.75) is 18.9 Å². The molecular weight excluding hydrogens is 430 g/mol. The molecule has 2 amide bonds. The zero-order valence-corrected chi connectivity index (χ0v) is 18.6. The van der Waals surface area contributed by atoms with Crippen molar-refractivity contribution in [2.75, 3.05) is 18.1 Å². The minimum atomic E-state index is -0.979. The molecule has 0 saturated heterocycles. The summed E-state index contributed by atoms with van der Waals surface area (Å²) in [6.45, 7) is -0.333. The first-order chi connectivity index (χ1) is 16.6. The molecular formula is C27H25N3O4. The molecule has 1 atom stereocenters. The summed E-state index contributed by atoms with van der Waals surface area (Å²) in [6.07, 6.45) is 0.349. The molecule has 0 saturated carbocycles. The van der Waals surface area contributed by atoms with E-state index in [2.05, 4.69) is 5.32 Å². The number of nitrogens with one attached hydrogen (secondary N) is 1. The van der Waals surface area contributed by atoms with Gasteiger partial charge in [-0.15, -0.1) is 0 Å². The van der Waals surface area contributed by atoms with Gasteiger partial charge in [0.1, 0.15) is 6.04 Å². The third-order valence-corrected chi connectivity index (χ3v) is 5.06. The number of esters is 1. The number of carbonyl (C=O) groups is 3. The van der Waals surface area contributed by atoms with Crippen LogP contribution in [-0.4, -0.2) is 37.0 Å². The molecule has 0 spiro atoms. The number of benzene rings is 3. The molecule has 0 fully saturated rings. The third-order valence-electron chi connectivity index (χ3n) is 5.06. The Labute approximate surface area is 198 Å². The quantitative estimate of drug-likeness (QED) is 0.472. The van der Waals surface area contributed by atoms with Crippen molar-refractivity contribution in [2.24, 2.45) is 0 Å². The summed E-state index contributed by atoms with van der Waals surface area (Å²) < 4.78 is 5.33. The fourth-order valence-corrected chi connectivity index (χ4v) is 3.35. The Kier molecular flexibility index (Phi) is 8.94. The van der Waals surface area contributed by atoms with Gasteiger partial charge in [0.05, 0.1) is 12.5 Å². The number of rotatable bonds is 10. The van der Waals surface area contributed by atoms with Crippen molar-refractivity contribution in [3.05, 3.63) is 102 Å². The van der Waals surface area contributed by atoms with E-state index in [-0.39, 0.29) is 19.4 Å². The zero-order chi connectivity index (χ0) is 24.2. The summed E-state index contributed by atoms with van der Waals surface area (Å²) in [5.74, 6) is -1.58. The summed E-state index contributed by atoms with van der Waals surface area (Å²) in [7, 11) is 0. The number of para-hydroxylation sites is 1. The SMILES string of the molecule is N#CCCN(C(=O)COC(=O)C(Cc1ccccc1)NC(=O)c1ccccc1)c1ccccc1. The van der Waals surface area contributed by atoms with E-state index in [1.54, 1.807) is 54.6 Å². The van der Waals surface area contributed by atoms with Gasteiger partial charge in [-0.3, -0.25) is 9.59 Å². The van der Waals surface area contributed by atoms with Gasteiger partial charge >= 0.3 is 5.97 Å². The van der Waals surface area contributed by atoms with Crippen LogP contribution in [0.2, 0.25) is 0 Å². The normalized spacial score (nSPS) is 11.0. The molecule has 0 aromatic heterocycles. The first kappa shape index (κ1) is 24.2. The zero-order valence-electron chi connectivity index (χ0n) is 18.6. The second kappa shape index (κ2) is 12.6. The van der Waals surface area contributed by atoms with Crippen LogP contribution in [0.1, 0.15) is 22.3 Å². The van der Waals surface area contributed by atoms with Gasteiger partial charge < -0.3 is 15.0 Å². The minimum absolute atomic E-state index is 0.137. The number of nitrogens with zero attached hydrogens (tertiary/aromatic N) is 2. The topological polar surface area (TPSA) is 99.5 Å². The smallest absolute Gasteiger partial charge is 0.329 e. The molecule has 34 heavy (non-hydrogen) atoms. The minimum Gasteiger partial charge on any atom is -0.454 e. The van der Waals surface area contributed by atoms with Crippen LogP contribution in [0.4, 0.5) is 5.69 Å². The predicted molar refractivity (Wildman–Crippen MR) is 128 cm³/mol. The van der Waals surface area contributed by atoms with Gasteiger partial charge in [0.15, 0.2) is 6.61 Å². The number of carbonyl (C=O) groups excluding carboxylic acids is 3. The average Bonchev–Trinajstić information content (AvgIpc) is 2.88. The van der Waals surface area contributed by atoms with Crippen LogP contribution in [0.3, 0.4) is 0 Å². The molecule has 7 heteroatoms. The first-order valence-electron chi connectivity index (χ1n) is 10.9. The van der Waals surface area contributed by atoms with Crippen LogP contribution in [0.25, 0.3) is 0 Å². The van der Waals surface area contributed by atoms with Crippen molar-refractivity contribution >= 4 is 23.5 Å². The predicted octanol–water partition coefficient (Wildman–Crippen LogP) is 3.52. The van der Waals surface area contributed by atoms with E-state index >= 15 is 0 Å². The highest BCUT2D eigenvalue weighted by Gasteiger charge is 2.25. The Balaban J connectivity index is 1.70. The van der Waals surface area contributed by atoms with E-state index in [0.29, 0.717) is 11.3 Å². The highest BCUT2D eigenvalue weighted by molar-refractivity contribution is 5.98. The van der Waals surface area contributed by atoms with E-state index in [4.69, 9.17) is 10.00 Å². The largest absolute Gasteiger partial charge is 0.454 e. The number of nitriles is 1. The number of anilines is 1. The molecule has 7 nitrogen and oxygen atoms in total. The maximum Gasteiger partial charge on any atom is 0.329 e. The Bertz CT molecular complexity index is 1130. The van der Waals surface area contributed by atoms with Gasteiger partial charge in [-0.05, 0) is 29.8 Å². The van der Waals surface area contributed by atoms with Gasteiger partial charge in [0, 0.05) is 24.2 Å². The molecule has 3 rings (SSSR count). The lowest BCUT2D eigenvalue weighted by Gasteiger charge is -2.23. The van der Waals surface area contributed by atoms with Gasteiger partial charge in [0.25, 0.3) is 11.8 Å². The molecule has 3 aromatic carbocycles. The highest BCUT2D eigenvalue weighted by atomic mass is 16.5. The number of hydrogen-bond acceptors (Lipinski definition) is 5. The number of hydrogen-bond donors (Lipinski definition) is 1. The lowest BCUT2D eigenvalue weighted by molar-refractivity contribution is -0.149. The second-order valence-corrected chi connectivity index (χ2v) is 7.48. The molecule has 3 aromatic rings. The summed E-state index contributed by atoms with van der Waals surface area (Å²) in [6, 6.07) is 27.7. The van der Waals surface area contributed by atoms with Crippen molar-refractivity contribution in [3.63, 3.8) is 0 Å². The molecule has 0 heterocycles. The van der Waals surface area contributed by atoms with Crippen LogP contribution < -0.4 is 10.2 Å². The summed E-state index contributed by atoms with van der Waals surface area (Å²) in [5.41, 5.74) is 1.86. The molecule has 0 radical (unpaired) electrons. The average molecular weight is 456 g/mol. The molecule has 172 valence electrons. The Morgan fingerprint density at radius 1 is 0.882 bits per heavy atom. The lowest BCUT2D eigenvalue weighted by atomic mass is 10.1. The van der Waals surface area contributed by atoms with E-state index in [9.17, 15) is 14.4 Å². The van der Waals surface area contributed by atoms with Gasteiger partial charge in [0.2, 0.25) is 0 Å². The van der Waals surface area contributed by atoms with Gasteiger partial charge in [-0.2, -0.15) is 5.26 Å². The molecule has 1 N–H and O–H groups in total. The van der Waals surface area contributed by atoms with Crippen molar-refractivity contribution in [1.82, 2.24) is 5.32 Å². The first-order valence-corrected chi connectivity index (χ1v) is 10.9. The van der Waals surface area contributed by atoms with Crippen molar-refractivity contribution in [1.29, 1.82) is 5.26 Å². The summed E-state index contributed by atoms with van der Waals surface area (Å²) in [5, 5.41) is 11.7. The summed E-state index contributed by atoms with van der Waals surface area (Å²) in [4.78, 5) is 39.8. The highest BCUT2D eigenvalue weighted by Crippen LogP contribution is 2.14.